The molecule has 10 heteroatoms. The Morgan fingerprint density at radius 3 is 2.29 bits per heavy atom. The number of halogens is 3. The molecule has 2 aliphatic rings. The van der Waals surface area contributed by atoms with Crippen molar-refractivity contribution >= 4 is 11.9 Å². The molecule has 2 N–H and O–H groups in total. The second kappa shape index (κ2) is 11.6. The Morgan fingerprint density at radius 1 is 1.05 bits per heavy atom. The van der Waals surface area contributed by atoms with Crippen molar-refractivity contribution in [2.45, 2.75) is 71.3 Å². The first kappa shape index (κ1) is 30.8. The van der Waals surface area contributed by atoms with Crippen molar-refractivity contribution in [2.24, 2.45) is 5.41 Å². The van der Waals surface area contributed by atoms with Crippen molar-refractivity contribution in [2.75, 3.05) is 33.4 Å². The minimum absolute atomic E-state index is 0.117. The summed E-state index contributed by atoms with van der Waals surface area (Å²) in [6.45, 7) is 7.40. The second-order valence-electron chi connectivity index (χ2n) is 11.7. The van der Waals surface area contributed by atoms with Crippen molar-refractivity contribution in [3.8, 4) is 0 Å². The number of nitrogens with zero attached hydrogens (tertiary/aromatic N) is 3. The molecule has 0 bridgehead atoms. The summed E-state index contributed by atoms with van der Waals surface area (Å²) in [5.74, 6) is -0.117. The quantitative estimate of drug-likeness (QED) is 0.478. The summed E-state index contributed by atoms with van der Waals surface area (Å²) in [5.41, 5.74) is 2.09. The van der Waals surface area contributed by atoms with Crippen molar-refractivity contribution in [3.05, 3.63) is 69.8 Å². The van der Waals surface area contributed by atoms with Crippen molar-refractivity contribution in [1.29, 1.82) is 0 Å². The summed E-state index contributed by atoms with van der Waals surface area (Å²) in [4.78, 5) is 32.9. The van der Waals surface area contributed by atoms with Crippen LogP contribution in [0.1, 0.15) is 71.7 Å². The van der Waals surface area contributed by atoms with Crippen LogP contribution >= 0.6 is 0 Å². The number of aliphatic hydroxyl groups excluding tert-OH is 2. The van der Waals surface area contributed by atoms with Gasteiger partial charge in [-0.3, -0.25) is 4.79 Å². The normalized spacial score (nSPS) is 21.2. The van der Waals surface area contributed by atoms with Gasteiger partial charge in [-0.25, -0.2) is 4.79 Å². The predicted molar refractivity (Wildman–Crippen MR) is 149 cm³/mol. The zero-order chi connectivity index (χ0) is 30.3. The van der Waals surface area contributed by atoms with Crippen LogP contribution in [0.25, 0.3) is 0 Å². The molecule has 3 amide bonds. The Balaban J connectivity index is 1.73. The number of carbonyl (C=O) groups excluding carboxylic acids is 2. The molecule has 0 saturated carbocycles. The molecule has 7 nitrogen and oxygen atoms in total. The number of piperazine rings is 1. The topological polar surface area (TPSA) is 84.3 Å². The summed E-state index contributed by atoms with van der Waals surface area (Å²) >= 11 is 0. The van der Waals surface area contributed by atoms with E-state index in [0.29, 0.717) is 24.1 Å². The summed E-state index contributed by atoms with van der Waals surface area (Å²) in [5, 5.41) is 19.6. The monoisotopic (exact) mass is 575 g/mol. The number of benzene rings is 2. The van der Waals surface area contributed by atoms with Gasteiger partial charge < -0.3 is 24.9 Å². The summed E-state index contributed by atoms with van der Waals surface area (Å²) in [6.07, 6.45) is -3.68. The maximum atomic E-state index is 14.2. The van der Waals surface area contributed by atoms with E-state index in [1.165, 1.54) is 4.90 Å². The molecular weight excluding hydrogens is 535 g/mol. The van der Waals surface area contributed by atoms with E-state index in [2.05, 4.69) is 0 Å². The van der Waals surface area contributed by atoms with Crippen molar-refractivity contribution < 1.29 is 33.0 Å². The van der Waals surface area contributed by atoms with E-state index in [9.17, 15) is 33.0 Å². The minimum Gasteiger partial charge on any atom is -0.396 e. The third kappa shape index (κ3) is 5.81. The van der Waals surface area contributed by atoms with Crippen molar-refractivity contribution in [3.63, 3.8) is 0 Å². The second-order valence-corrected chi connectivity index (χ2v) is 11.7. The van der Waals surface area contributed by atoms with E-state index in [1.807, 2.05) is 32.0 Å². The van der Waals surface area contributed by atoms with Gasteiger partial charge in [-0.2, -0.15) is 13.2 Å². The molecule has 2 aromatic rings. The number of rotatable bonds is 7. The number of aryl methyl sites for hydroxylation is 3. The first-order chi connectivity index (χ1) is 19.2. The highest BCUT2D eigenvalue weighted by atomic mass is 19.4. The number of hydrogen-bond donors (Lipinski definition) is 2. The van der Waals surface area contributed by atoms with Crippen LogP contribution in [-0.4, -0.2) is 76.2 Å². The fourth-order valence-corrected chi connectivity index (χ4v) is 6.69. The standard InChI is InChI=1S/C31H40F3N3O4/c1-19-6-7-25(21(3)14-19)27-26-18-30(8-12-38,9-13-39)28(40)36(26)10-11-37(27)29(41)35(5)22(4)23-15-20(2)16-24(17-23)31(32,33)34/h6-7,14-17,22,26-27,38-39H,8-13,18H2,1-5H3/t22-,26+,27+/m1/s1. The molecule has 2 fully saturated rings. The molecule has 2 saturated heterocycles. The molecule has 0 radical (unpaired) electrons. The molecule has 2 aliphatic heterocycles. The van der Waals surface area contributed by atoms with Crippen LogP contribution in [0.2, 0.25) is 0 Å². The van der Waals surface area contributed by atoms with Gasteiger partial charge in [0.05, 0.1) is 29.1 Å². The Labute approximate surface area is 239 Å². The van der Waals surface area contributed by atoms with Gasteiger partial charge in [0, 0.05) is 33.4 Å². The van der Waals surface area contributed by atoms with Gasteiger partial charge in [-0.15, -0.1) is 0 Å². The molecule has 2 heterocycles. The number of fused-ring (bicyclic) bond motifs is 1. The molecule has 2 aromatic carbocycles. The lowest BCUT2D eigenvalue weighted by molar-refractivity contribution is -0.140. The van der Waals surface area contributed by atoms with E-state index in [4.69, 9.17) is 0 Å². The average molecular weight is 576 g/mol. The number of hydrogen-bond acceptors (Lipinski definition) is 4. The maximum Gasteiger partial charge on any atom is 0.416 e. The Hall–Kier alpha value is -3.11. The average Bonchev–Trinajstić information content (AvgIpc) is 3.18. The number of carbonyl (C=O) groups is 2. The van der Waals surface area contributed by atoms with E-state index >= 15 is 0 Å². The first-order valence-electron chi connectivity index (χ1n) is 14.1. The molecule has 0 spiro atoms. The molecule has 41 heavy (non-hydrogen) atoms. The van der Waals surface area contributed by atoms with Crippen LogP contribution in [0.15, 0.2) is 36.4 Å². The van der Waals surface area contributed by atoms with Crippen LogP contribution in [0.3, 0.4) is 0 Å². The molecule has 0 unspecified atom stereocenters. The van der Waals surface area contributed by atoms with Crippen LogP contribution in [0.5, 0.6) is 0 Å². The highest BCUT2D eigenvalue weighted by Crippen LogP contribution is 2.49. The highest BCUT2D eigenvalue weighted by Gasteiger charge is 2.56. The molecule has 4 rings (SSSR count). The molecular formula is C31H40F3N3O4. The predicted octanol–water partition coefficient (Wildman–Crippen LogP) is 5.15. The Morgan fingerprint density at radius 2 is 1.71 bits per heavy atom. The smallest absolute Gasteiger partial charge is 0.396 e. The third-order valence-corrected chi connectivity index (χ3v) is 8.96. The summed E-state index contributed by atoms with van der Waals surface area (Å²) in [6, 6.07) is 7.95. The number of urea groups is 1. The number of aliphatic hydroxyl groups is 2. The van der Waals surface area contributed by atoms with E-state index in [-0.39, 0.29) is 50.6 Å². The molecule has 0 aliphatic carbocycles. The number of amides is 3. The van der Waals surface area contributed by atoms with Gasteiger partial charge in [0.15, 0.2) is 0 Å². The zero-order valence-electron chi connectivity index (χ0n) is 24.3. The fourth-order valence-electron chi connectivity index (χ4n) is 6.69. The summed E-state index contributed by atoms with van der Waals surface area (Å²) in [7, 11) is 1.59. The van der Waals surface area contributed by atoms with E-state index in [1.54, 1.807) is 36.8 Å². The van der Waals surface area contributed by atoms with Crippen LogP contribution < -0.4 is 0 Å². The fraction of sp³-hybridized carbons (Fsp3) is 0.548. The molecule has 3 atom stereocenters. The number of alkyl halides is 3. The SMILES string of the molecule is Cc1cc([C@@H](C)N(C)C(=O)N2CCN3C(=O)C(CCO)(CCO)C[C@H]3[C@@H]2c2ccc(C)cc2C)cc(C(F)(F)F)c1. The van der Waals surface area contributed by atoms with Gasteiger partial charge in [0.25, 0.3) is 0 Å². The third-order valence-electron chi connectivity index (χ3n) is 8.96. The Kier molecular flexibility index (Phi) is 8.76. The van der Waals surface area contributed by atoms with Crippen LogP contribution in [0.4, 0.5) is 18.0 Å². The maximum absolute atomic E-state index is 14.2. The van der Waals surface area contributed by atoms with Crippen molar-refractivity contribution in [1.82, 2.24) is 14.7 Å². The molecule has 224 valence electrons. The summed E-state index contributed by atoms with van der Waals surface area (Å²) < 4.78 is 40.6. The van der Waals surface area contributed by atoms with Gasteiger partial charge >= 0.3 is 12.2 Å². The van der Waals surface area contributed by atoms with E-state index in [0.717, 1.165) is 28.8 Å². The minimum atomic E-state index is -4.50. The highest BCUT2D eigenvalue weighted by molar-refractivity contribution is 5.86. The first-order valence-corrected chi connectivity index (χ1v) is 14.1. The zero-order valence-corrected chi connectivity index (χ0v) is 24.3. The van der Waals surface area contributed by atoms with Gasteiger partial charge in [0.1, 0.15) is 0 Å². The molecule has 0 aromatic heterocycles. The lowest BCUT2D eigenvalue weighted by Gasteiger charge is -2.47. The van der Waals surface area contributed by atoms with Gasteiger partial charge in [0.2, 0.25) is 5.91 Å². The van der Waals surface area contributed by atoms with Crippen LogP contribution in [-0.2, 0) is 11.0 Å². The van der Waals surface area contributed by atoms with E-state index < -0.39 is 29.2 Å². The Bertz CT molecular complexity index is 1290. The van der Waals surface area contributed by atoms with Gasteiger partial charge in [-0.1, -0.05) is 35.4 Å². The van der Waals surface area contributed by atoms with Crippen LogP contribution in [0, 0.1) is 26.2 Å². The lowest BCUT2D eigenvalue weighted by Crippen LogP contribution is -2.57. The van der Waals surface area contributed by atoms with Gasteiger partial charge in [-0.05, 0) is 75.8 Å². The lowest BCUT2D eigenvalue weighted by atomic mass is 9.77. The largest absolute Gasteiger partial charge is 0.416 e.